The smallest absolute Gasteiger partial charge is 0.126 e. The van der Waals surface area contributed by atoms with Gasteiger partial charge in [0.25, 0.3) is 0 Å². The fourth-order valence-corrected chi connectivity index (χ4v) is 3.47. The molecule has 1 fully saturated rings. The van der Waals surface area contributed by atoms with Gasteiger partial charge in [0, 0.05) is 17.0 Å². The highest BCUT2D eigenvalue weighted by Gasteiger charge is 2.40. The molecule has 0 bridgehead atoms. The maximum atomic E-state index is 10.4. The molecule has 3 heteroatoms. The molecule has 3 rings (SSSR count). The largest absolute Gasteiger partial charge is 0.487 e. The van der Waals surface area contributed by atoms with Crippen LogP contribution in [0, 0.1) is 0 Å². The summed E-state index contributed by atoms with van der Waals surface area (Å²) < 4.78 is 6.25. The first-order chi connectivity index (χ1) is 8.69. The number of halogens is 1. The second-order valence-electron chi connectivity index (χ2n) is 5.60. The second-order valence-corrected chi connectivity index (χ2v) is 6.04. The van der Waals surface area contributed by atoms with Crippen LogP contribution < -0.4 is 4.74 Å². The highest BCUT2D eigenvalue weighted by Crippen LogP contribution is 2.45. The van der Waals surface area contributed by atoms with E-state index >= 15 is 0 Å². The fraction of sp³-hybridized carbons (Fsp3) is 0.600. The summed E-state index contributed by atoms with van der Waals surface area (Å²) in [6, 6.07) is 5.56. The van der Waals surface area contributed by atoms with E-state index in [2.05, 4.69) is 0 Å². The quantitative estimate of drug-likeness (QED) is 0.761. The van der Waals surface area contributed by atoms with Gasteiger partial charge in [-0.3, -0.25) is 0 Å². The maximum absolute atomic E-state index is 10.4. The summed E-state index contributed by atoms with van der Waals surface area (Å²) in [5.41, 5.74) is 0.703. The van der Waals surface area contributed by atoms with Gasteiger partial charge in [0.05, 0.1) is 6.10 Å². The molecule has 1 N–H and O–H groups in total. The zero-order valence-corrected chi connectivity index (χ0v) is 11.2. The Morgan fingerprint density at radius 3 is 2.61 bits per heavy atom. The molecule has 1 atom stereocenters. The highest BCUT2D eigenvalue weighted by atomic mass is 35.5. The van der Waals surface area contributed by atoms with Crippen molar-refractivity contribution in [2.75, 3.05) is 0 Å². The van der Waals surface area contributed by atoms with Gasteiger partial charge in [0.1, 0.15) is 11.4 Å². The van der Waals surface area contributed by atoms with Crippen LogP contribution in [0.4, 0.5) is 0 Å². The van der Waals surface area contributed by atoms with Crippen LogP contribution in [0.5, 0.6) is 5.75 Å². The Kier molecular flexibility index (Phi) is 3.25. The lowest BCUT2D eigenvalue weighted by Gasteiger charge is -2.40. The molecular formula is C15H19ClO2. The Bertz CT molecular complexity index is 436. The topological polar surface area (TPSA) is 29.5 Å². The van der Waals surface area contributed by atoms with Crippen molar-refractivity contribution in [3.63, 3.8) is 0 Å². The van der Waals surface area contributed by atoms with Crippen LogP contribution in [-0.2, 0) is 0 Å². The average molecular weight is 267 g/mol. The molecule has 0 saturated heterocycles. The van der Waals surface area contributed by atoms with Gasteiger partial charge in [-0.15, -0.1) is 0 Å². The van der Waals surface area contributed by atoms with Gasteiger partial charge in [-0.1, -0.05) is 24.4 Å². The predicted molar refractivity (Wildman–Crippen MR) is 72.1 cm³/mol. The van der Waals surface area contributed by atoms with E-state index in [1.54, 1.807) is 0 Å². The molecule has 98 valence electrons. The summed E-state index contributed by atoms with van der Waals surface area (Å²) >= 11 is 5.98. The van der Waals surface area contributed by atoms with Gasteiger partial charge in [0.15, 0.2) is 0 Å². The number of benzene rings is 1. The van der Waals surface area contributed by atoms with E-state index in [-0.39, 0.29) is 5.60 Å². The summed E-state index contributed by atoms with van der Waals surface area (Å²) in [6.07, 6.45) is 7.37. The minimum Gasteiger partial charge on any atom is -0.487 e. The van der Waals surface area contributed by atoms with Gasteiger partial charge >= 0.3 is 0 Å². The lowest BCUT2D eigenvalue weighted by Crippen LogP contribution is -2.40. The number of ether oxygens (including phenoxy) is 1. The molecule has 2 nitrogen and oxygen atoms in total. The van der Waals surface area contributed by atoms with E-state index in [1.165, 1.54) is 25.7 Å². The normalized spacial score (nSPS) is 26.2. The summed E-state index contributed by atoms with van der Waals surface area (Å²) in [5, 5.41) is 11.0. The highest BCUT2D eigenvalue weighted by molar-refractivity contribution is 6.30. The van der Waals surface area contributed by atoms with Crippen molar-refractivity contribution in [3.8, 4) is 5.75 Å². The number of hydrogen-bond donors (Lipinski definition) is 1. The van der Waals surface area contributed by atoms with Gasteiger partial charge in [-0.2, -0.15) is 0 Å². The van der Waals surface area contributed by atoms with Crippen LogP contribution in [0.25, 0.3) is 0 Å². The molecular weight excluding hydrogens is 248 g/mol. The first-order valence-electron chi connectivity index (χ1n) is 6.85. The van der Waals surface area contributed by atoms with Crippen molar-refractivity contribution in [2.45, 2.75) is 56.7 Å². The molecule has 1 aliphatic carbocycles. The number of fused-ring (bicyclic) bond motifs is 1. The van der Waals surface area contributed by atoms with Gasteiger partial charge in [0.2, 0.25) is 0 Å². The summed E-state index contributed by atoms with van der Waals surface area (Å²) in [6.45, 7) is 0. The molecule has 1 aliphatic heterocycles. The van der Waals surface area contributed by atoms with Gasteiger partial charge < -0.3 is 9.84 Å². The number of hydrogen-bond acceptors (Lipinski definition) is 2. The molecule has 18 heavy (non-hydrogen) atoms. The first kappa shape index (κ1) is 12.3. The molecule has 0 radical (unpaired) electrons. The van der Waals surface area contributed by atoms with E-state index in [4.69, 9.17) is 16.3 Å². The summed E-state index contributed by atoms with van der Waals surface area (Å²) in [7, 11) is 0. The SMILES string of the molecule is O[C@H]1CC2(CCCCCC2)Oc2ccc(Cl)cc21. The zero-order chi connectivity index (χ0) is 12.6. The molecule has 1 saturated carbocycles. The van der Waals surface area contributed by atoms with Crippen LogP contribution >= 0.6 is 11.6 Å². The molecule has 0 aromatic heterocycles. The van der Waals surface area contributed by atoms with Crippen molar-refractivity contribution in [1.82, 2.24) is 0 Å². The van der Waals surface area contributed by atoms with E-state index in [1.807, 2.05) is 18.2 Å². The molecule has 1 aromatic rings. The molecule has 0 amide bonds. The van der Waals surface area contributed by atoms with Gasteiger partial charge in [-0.25, -0.2) is 0 Å². The minimum atomic E-state index is -0.439. The molecule has 1 aromatic carbocycles. The standard InChI is InChI=1S/C15H19ClO2/c16-11-5-6-14-12(9-11)13(17)10-15(18-14)7-3-1-2-4-8-15/h5-6,9,13,17H,1-4,7-8,10H2/t13-/m0/s1. The van der Waals surface area contributed by atoms with Crippen LogP contribution in [0.1, 0.15) is 56.6 Å². The van der Waals surface area contributed by atoms with Crippen LogP contribution in [-0.4, -0.2) is 10.7 Å². The van der Waals surface area contributed by atoms with Crippen molar-refractivity contribution in [2.24, 2.45) is 0 Å². The van der Waals surface area contributed by atoms with Gasteiger partial charge in [-0.05, 0) is 43.9 Å². The Morgan fingerprint density at radius 1 is 1.17 bits per heavy atom. The Labute approximate surface area is 113 Å². The van der Waals surface area contributed by atoms with E-state index < -0.39 is 6.10 Å². The van der Waals surface area contributed by atoms with E-state index in [0.717, 1.165) is 24.2 Å². The molecule has 1 heterocycles. The Hall–Kier alpha value is -0.730. The average Bonchev–Trinajstić information content (AvgIpc) is 2.56. The Morgan fingerprint density at radius 2 is 1.89 bits per heavy atom. The number of aliphatic hydroxyl groups is 1. The van der Waals surface area contributed by atoms with Crippen molar-refractivity contribution in [3.05, 3.63) is 28.8 Å². The first-order valence-corrected chi connectivity index (χ1v) is 7.23. The van der Waals surface area contributed by atoms with Crippen molar-refractivity contribution >= 4 is 11.6 Å². The van der Waals surface area contributed by atoms with E-state index in [9.17, 15) is 5.11 Å². The second kappa shape index (κ2) is 4.75. The maximum Gasteiger partial charge on any atom is 0.126 e. The predicted octanol–water partition coefficient (Wildman–Crippen LogP) is 4.25. The third-order valence-corrected chi connectivity index (χ3v) is 4.47. The Balaban J connectivity index is 1.92. The van der Waals surface area contributed by atoms with Crippen LogP contribution in [0.3, 0.4) is 0 Å². The van der Waals surface area contributed by atoms with E-state index in [0.29, 0.717) is 11.4 Å². The minimum absolute atomic E-state index is 0.142. The number of aliphatic hydroxyl groups excluding tert-OH is 1. The third-order valence-electron chi connectivity index (χ3n) is 4.24. The lowest BCUT2D eigenvalue weighted by molar-refractivity contribution is -0.0244. The fourth-order valence-electron chi connectivity index (χ4n) is 3.29. The van der Waals surface area contributed by atoms with Crippen LogP contribution in [0.15, 0.2) is 18.2 Å². The third kappa shape index (κ3) is 2.24. The van der Waals surface area contributed by atoms with Crippen LogP contribution in [0.2, 0.25) is 5.02 Å². The molecule has 1 spiro atoms. The summed E-state index contributed by atoms with van der Waals surface area (Å²) in [5.74, 6) is 0.819. The van der Waals surface area contributed by atoms with Crippen molar-refractivity contribution in [1.29, 1.82) is 0 Å². The zero-order valence-electron chi connectivity index (χ0n) is 10.5. The summed E-state index contributed by atoms with van der Waals surface area (Å²) in [4.78, 5) is 0. The lowest BCUT2D eigenvalue weighted by atomic mass is 9.83. The number of rotatable bonds is 0. The molecule has 0 unspecified atom stereocenters. The molecule has 2 aliphatic rings. The van der Waals surface area contributed by atoms with Crippen molar-refractivity contribution < 1.29 is 9.84 Å². The monoisotopic (exact) mass is 266 g/mol.